The number of carbonyl (C=O) groups excluding carboxylic acids is 1. The molecule has 3 N–H and O–H groups in total. The van der Waals surface area contributed by atoms with Gasteiger partial charge in [0.1, 0.15) is 6.29 Å². The molecular formula is C15H19IN2O2. The van der Waals surface area contributed by atoms with Crippen LogP contribution in [0.4, 0.5) is 5.69 Å². The lowest BCUT2D eigenvalue weighted by molar-refractivity contribution is -0.108. The molecule has 1 aromatic rings. The minimum absolute atomic E-state index is 0.0102. The molecule has 0 aliphatic heterocycles. The third kappa shape index (κ3) is 6.81. The van der Waals surface area contributed by atoms with E-state index in [1.165, 1.54) is 6.21 Å². The van der Waals surface area contributed by atoms with Crippen LogP contribution in [0, 0.1) is 8.98 Å². The standard InChI is InChI=1S/C15H19IN2O2/c16-12-4-6-14(7-5-12)18-13(9-11-19)2-1-3-15(20)8-10-17/h1,3-7,10-11,13,15,17-18,20H,2,8-9H2/b3-1-,17-10?/t13-,15?/m1/s1. The molecule has 0 heterocycles. The molecule has 0 aromatic heterocycles. The lowest BCUT2D eigenvalue weighted by atomic mass is 10.1. The second-order valence-corrected chi connectivity index (χ2v) is 5.67. The van der Waals surface area contributed by atoms with Gasteiger partial charge in [-0.3, -0.25) is 0 Å². The van der Waals surface area contributed by atoms with E-state index < -0.39 is 6.10 Å². The molecule has 1 rings (SSSR count). The summed E-state index contributed by atoms with van der Waals surface area (Å²) in [5, 5.41) is 19.7. The van der Waals surface area contributed by atoms with Gasteiger partial charge in [-0.25, -0.2) is 0 Å². The van der Waals surface area contributed by atoms with Gasteiger partial charge in [0, 0.05) is 28.1 Å². The maximum Gasteiger partial charge on any atom is 0.122 e. The highest BCUT2D eigenvalue weighted by Crippen LogP contribution is 2.14. The number of aldehydes is 1. The first-order chi connectivity index (χ1) is 9.65. The van der Waals surface area contributed by atoms with Crippen molar-refractivity contribution in [3.63, 3.8) is 0 Å². The maximum atomic E-state index is 10.7. The Morgan fingerprint density at radius 2 is 1.95 bits per heavy atom. The molecule has 1 aromatic carbocycles. The van der Waals surface area contributed by atoms with Crippen molar-refractivity contribution in [2.75, 3.05) is 5.32 Å². The molecule has 0 bridgehead atoms. The minimum Gasteiger partial charge on any atom is -0.389 e. The van der Waals surface area contributed by atoms with E-state index >= 15 is 0 Å². The lowest BCUT2D eigenvalue weighted by Crippen LogP contribution is -2.19. The zero-order valence-electron chi connectivity index (χ0n) is 11.1. The molecule has 4 nitrogen and oxygen atoms in total. The zero-order valence-corrected chi connectivity index (χ0v) is 13.3. The number of nitrogens with one attached hydrogen (secondary N) is 2. The molecule has 5 heteroatoms. The van der Waals surface area contributed by atoms with Gasteiger partial charge in [-0.2, -0.15) is 0 Å². The van der Waals surface area contributed by atoms with Crippen LogP contribution in [0.15, 0.2) is 36.4 Å². The van der Waals surface area contributed by atoms with Crippen LogP contribution in [0.25, 0.3) is 0 Å². The van der Waals surface area contributed by atoms with Crippen LogP contribution in [0.5, 0.6) is 0 Å². The molecule has 20 heavy (non-hydrogen) atoms. The van der Waals surface area contributed by atoms with Crippen LogP contribution in [0.2, 0.25) is 0 Å². The lowest BCUT2D eigenvalue weighted by Gasteiger charge is -2.16. The van der Waals surface area contributed by atoms with E-state index in [0.29, 0.717) is 19.3 Å². The first kappa shape index (κ1) is 16.8. The van der Waals surface area contributed by atoms with Crippen molar-refractivity contribution in [3.8, 4) is 0 Å². The molecule has 0 saturated heterocycles. The predicted molar refractivity (Wildman–Crippen MR) is 90.4 cm³/mol. The number of halogens is 1. The van der Waals surface area contributed by atoms with Gasteiger partial charge in [-0.15, -0.1) is 0 Å². The number of carbonyl (C=O) groups is 1. The van der Waals surface area contributed by atoms with Crippen molar-refractivity contribution in [1.29, 1.82) is 5.41 Å². The first-order valence-electron chi connectivity index (χ1n) is 6.45. The number of aliphatic hydroxyl groups excluding tert-OH is 1. The second-order valence-electron chi connectivity index (χ2n) is 4.42. The fraction of sp³-hybridized carbons (Fsp3) is 0.333. The normalized spacial score (nSPS) is 13.9. The van der Waals surface area contributed by atoms with E-state index in [1.807, 2.05) is 30.3 Å². The summed E-state index contributed by atoms with van der Waals surface area (Å²) in [5.41, 5.74) is 0.978. The highest BCUT2D eigenvalue weighted by Gasteiger charge is 2.06. The van der Waals surface area contributed by atoms with E-state index in [2.05, 4.69) is 27.9 Å². The Labute approximate surface area is 132 Å². The van der Waals surface area contributed by atoms with Crippen molar-refractivity contribution in [3.05, 3.63) is 40.0 Å². The Balaban J connectivity index is 2.53. The van der Waals surface area contributed by atoms with Crippen LogP contribution in [-0.2, 0) is 4.79 Å². The van der Waals surface area contributed by atoms with Crippen LogP contribution in [-0.4, -0.2) is 29.8 Å². The SMILES string of the molecule is N=CCC(O)/C=C\C[C@H](CC=O)Nc1ccc(I)cc1. The largest absolute Gasteiger partial charge is 0.389 e. The molecule has 2 atom stereocenters. The predicted octanol–water partition coefficient (Wildman–Crippen LogP) is 3.01. The van der Waals surface area contributed by atoms with Crippen molar-refractivity contribution in [2.24, 2.45) is 0 Å². The summed E-state index contributed by atoms with van der Waals surface area (Å²) in [6.45, 7) is 0. The second kappa shape index (κ2) is 9.66. The van der Waals surface area contributed by atoms with Crippen molar-refractivity contribution < 1.29 is 9.90 Å². The number of hydrogen-bond donors (Lipinski definition) is 3. The fourth-order valence-electron chi connectivity index (χ4n) is 1.71. The van der Waals surface area contributed by atoms with E-state index in [0.717, 1.165) is 15.5 Å². The Morgan fingerprint density at radius 1 is 1.25 bits per heavy atom. The third-order valence-corrected chi connectivity index (χ3v) is 3.45. The molecule has 108 valence electrons. The first-order valence-corrected chi connectivity index (χ1v) is 7.53. The van der Waals surface area contributed by atoms with Crippen molar-refractivity contribution in [2.45, 2.75) is 31.4 Å². The molecule has 0 aliphatic rings. The van der Waals surface area contributed by atoms with Gasteiger partial charge in [-0.1, -0.05) is 12.2 Å². The molecule has 0 amide bonds. The molecular weight excluding hydrogens is 367 g/mol. The Morgan fingerprint density at radius 3 is 2.55 bits per heavy atom. The van der Waals surface area contributed by atoms with E-state index in [9.17, 15) is 9.90 Å². The van der Waals surface area contributed by atoms with E-state index in [-0.39, 0.29) is 6.04 Å². The van der Waals surface area contributed by atoms with Crippen molar-refractivity contribution >= 4 is 40.8 Å². The number of aliphatic hydroxyl groups is 1. The number of hydrogen-bond acceptors (Lipinski definition) is 4. The quantitative estimate of drug-likeness (QED) is 0.264. The molecule has 0 saturated carbocycles. The van der Waals surface area contributed by atoms with Gasteiger partial charge in [-0.05, 0) is 59.5 Å². The highest BCUT2D eigenvalue weighted by atomic mass is 127. The number of anilines is 1. The van der Waals surface area contributed by atoms with Crippen LogP contribution >= 0.6 is 22.6 Å². The highest BCUT2D eigenvalue weighted by molar-refractivity contribution is 14.1. The number of benzene rings is 1. The van der Waals surface area contributed by atoms with Crippen molar-refractivity contribution in [1.82, 2.24) is 0 Å². The molecule has 0 radical (unpaired) electrons. The van der Waals surface area contributed by atoms with Gasteiger partial charge in [0.2, 0.25) is 0 Å². The Kier molecular flexibility index (Phi) is 8.13. The summed E-state index contributed by atoms with van der Waals surface area (Å²) in [6, 6.07) is 7.98. The van der Waals surface area contributed by atoms with Gasteiger partial charge >= 0.3 is 0 Å². The molecule has 0 fully saturated rings. The summed E-state index contributed by atoms with van der Waals surface area (Å²) >= 11 is 2.24. The van der Waals surface area contributed by atoms with Gasteiger partial charge in [0.25, 0.3) is 0 Å². The Hall–Kier alpha value is -1.21. The third-order valence-electron chi connectivity index (χ3n) is 2.73. The monoisotopic (exact) mass is 386 g/mol. The number of rotatable bonds is 9. The summed E-state index contributed by atoms with van der Waals surface area (Å²) < 4.78 is 1.16. The molecule has 0 aliphatic carbocycles. The van der Waals surface area contributed by atoms with Crippen LogP contribution < -0.4 is 5.32 Å². The van der Waals surface area contributed by atoms with Crippen LogP contribution in [0.3, 0.4) is 0 Å². The van der Waals surface area contributed by atoms with Gasteiger partial charge < -0.3 is 20.6 Å². The molecule has 0 spiro atoms. The molecule has 1 unspecified atom stereocenters. The van der Waals surface area contributed by atoms with Crippen LogP contribution in [0.1, 0.15) is 19.3 Å². The smallest absolute Gasteiger partial charge is 0.122 e. The Bertz CT molecular complexity index is 446. The van der Waals surface area contributed by atoms with E-state index in [1.54, 1.807) is 6.08 Å². The summed E-state index contributed by atoms with van der Waals surface area (Å²) in [5.74, 6) is 0. The van der Waals surface area contributed by atoms with Gasteiger partial charge in [0.05, 0.1) is 6.10 Å². The average molecular weight is 386 g/mol. The summed E-state index contributed by atoms with van der Waals surface area (Å²) in [7, 11) is 0. The minimum atomic E-state index is -0.623. The average Bonchev–Trinajstić information content (AvgIpc) is 2.42. The zero-order chi connectivity index (χ0) is 14.8. The maximum absolute atomic E-state index is 10.7. The summed E-state index contributed by atoms with van der Waals surface area (Å²) in [6.07, 6.45) is 6.35. The topological polar surface area (TPSA) is 73.2 Å². The van der Waals surface area contributed by atoms with E-state index in [4.69, 9.17) is 5.41 Å². The summed E-state index contributed by atoms with van der Waals surface area (Å²) in [4.78, 5) is 10.7. The van der Waals surface area contributed by atoms with Gasteiger partial charge in [0.15, 0.2) is 0 Å². The fourth-order valence-corrected chi connectivity index (χ4v) is 2.07.